The summed E-state index contributed by atoms with van der Waals surface area (Å²) in [4.78, 5) is 29.0. The van der Waals surface area contributed by atoms with Gasteiger partial charge in [0.15, 0.2) is 0 Å². The summed E-state index contributed by atoms with van der Waals surface area (Å²) >= 11 is 1.39. The molecule has 0 saturated heterocycles. The van der Waals surface area contributed by atoms with Gasteiger partial charge in [-0.2, -0.15) is 0 Å². The number of carbonyl (C=O) groups excluding carboxylic acids is 2. The van der Waals surface area contributed by atoms with Gasteiger partial charge in [0.25, 0.3) is 11.8 Å². The SMILES string of the molecule is CCCOc1cccc(N2C(=O)C(Nc3cc(OC)ccc3OC)=C(c3cccs3)C2=O)c1. The van der Waals surface area contributed by atoms with E-state index in [0.717, 1.165) is 6.42 Å². The fourth-order valence-corrected chi connectivity index (χ4v) is 4.28. The average Bonchev–Trinajstić information content (AvgIpc) is 3.44. The predicted molar refractivity (Wildman–Crippen MR) is 129 cm³/mol. The number of amides is 2. The fourth-order valence-electron chi connectivity index (χ4n) is 3.51. The van der Waals surface area contributed by atoms with Gasteiger partial charge in [0.2, 0.25) is 0 Å². The molecule has 0 fully saturated rings. The van der Waals surface area contributed by atoms with Gasteiger partial charge in [-0.25, -0.2) is 4.90 Å². The number of thiophene rings is 1. The Hall–Kier alpha value is -3.78. The van der Waals surface area contributed by atoms with Crippen molar-refractivity contribution in [3.05, 3.63) is 70.6 Å². The van der Waals surface area contributed by atoms with Crippen molar-refractivity contribution >= 4 is 40.1 Å². The van der Waals surface area contributed by atoms with Gasteiger partial charge >= 0.3 is 0 Å². The number of anilines is 2. The van der Waals surface area contributed by atoms with Gasteiger partial charge in [-0.1, -0.05) is 19.1 Å². The summed E-state index contributed by atoms with van der Waals surface area (Å²) < 4.78 is 16.5. The summed E-state index contributed by atoms with van der Waals surface area (Å²) in [6.07, 6.45) is 0.853. The lowest BCUT2D eigenvalue weighted by Crippen LogP contribution is -2.32. The highest BCUT2D eigenvalue weighted by Gasteiger charge is 2.41. The molecule has 0 saturated carbocycles. The van der Waals surface area contributed by atoms with Gasteiger partial charge in [0, 0.05) is 17.0 Å². The van der Waals surface area contributed by atoms with Crippen LogP contribution in [-0.2, 0) is 9.59 Å². The van der Waals surface area contributed by atoms with Crippen molar-refractivity contribution in [2.75, 3.05) is 31.0 Å². The van der Waals surface area contributed by atoms with E-state index in [1.54, 1.807) is 49.6 Å². The van der Waals surface area contributed by atoms with Crippen LogP contribution in [0.5, 0.6) is 17.2 Å². The second kappa shape index (κ2) is 9.79. The Labute approximate surface area is 196 Å². The van der Waals surface area contributed by atoms with Crippen molar-refractivity contribution in [1.82, 2.24) is 0 Å². The van der Waals surface area contributed by atoms with Crippen LogP contribution in [0.1, 0.15) is 18.2 Å². The van der Waals surface area contributed by atoms with E-state index in [9.17, 15) is 9.59 Å². The third-order valence-corrected chi connectivity index (χ3v) is 5.95. The third-order valence-electron chi connectivity index (χ3n) is 5.07. The Morgan fingerprint density at radius 1 is 0.939 bits per heavy atom. The Balaban J connectivity index is 1.76. The Morgan fingerprint density at radius 3 is 2.48 bits per heavy atom. The van der Waals surface area contributed by atoms with Crippen LogP contribution in [0.2, 0.25) is 0 Å². The standard InChI is InChI=1S/C25H24N2O5S/c1-4-12-32-18-8-5-7-16(14-18)27-24(28)22(21-9-6-13-33-21)23(25(27)29)26-19-15-17(30-2)10-11-20(19)31-3/h5-11,13-15,26H,4,12H2,1-3H3. The maximum atomic E-state index is 13.6. The molecule has 170 valence electrons. The molecule has 1 N–H and O–H groups in total. The summed E-state index contributed by atoms with van der Waals surface area (Å²) in [5.74, 6) is 0.845. The minimum Gasteiger partial charge on any atom is -0.497 e. The first-order chi connectivity index (χ1) is 16.1. The molecule has 0 atom stereocenters. The van der Waals surface area contributed by atoms with Crippen molar-refractivity contribution < 1.29 is 23.8 Å². The molecule has 4 rings (SSSR count). The Morgan fingerprint density at radius 2 is 1.79 bits per heavy atom. The molecule has 2 aromatic carbocycles. The molecule has 1 aliphatic rings. The normalized spacial score (nSPS) is 13.5. The number of methoxy groups -OCH3 is 2. The molecule has 2 amide bonds. The van der Waals surface area contributed by atoms with Crippen molar-refractivity contribution in [2.45, 2.75) is 13.3 Å². The van der Waals surface area contributed by atoms with Crippen molar-refractivity contribution in [3.8, 4) is 17.2 Å². The van der Waals surface area contributed by atoms with Crippen LogP contribution in [-0.4, -0.2) is 32.6 Å². The number of ether oxygens (including phenoxy) is 3. The van der Waals surface area contributed by atoms with Gasteiger partial charge < -0.3 is 19.5 Å². The van der Waals surface area contributed by atoms with E-state index < -0.39 is 11.8 Å². The monoisotopic (exact) mass is 464 g/mol. The molecule has 8 heteroatoms. The number of rotatable bonds is 9. The highest BCUT2D eigenvalue weighted by molar-refractivity contribution is 7.11. The Kier molecular flexibility index (Phi) is 6.65. The van der Waals surface area contributed by atoms with Crippen molar-refractivity contribution in [3.63, 3.8) is 0 Å². The zero-order chi connectivity index (χ0) is 23.4. The minimum atomic E-state index is -0.457. The zero-order valence-electron chi connectivity index (χ0n) is 18.6. The molecule has 7 nitrogen and oxygen atoms in total. The maximum absolute atomic E-state index is 13.6. The number of imide groups is 1. The van der Waals surface area contributed by atoms with Gasteiger partial charge in [0.05, 0.1) is 37.8 Å². The van der Waals surface area contributed by atoms with Gasteiger partial charge in [-0.15, -0.1) is 11.3 Å². The molecule has 3 aromatic rings. The van der Waals surface area contributed by atoms with Crippen LogP contribution < -0.4 is 24.4 Å². The maximum Gasteiger partial charge on any atom is 0.282 e. The van der Waals surface area contributed by atoms with Gasteiger partial charge in [0.1, 0.15) is 22.9 Å². The molecule has 1 aromatic heterocycles. The lowest BCUT2D eigenvalue weighted by molar-refractivity contribution is -0.120. The highest BCUT2D eigenvalue weighted by atomic mass is 32.1. The van der Waals surface area contributed by atoms with Crippen LogP contribution in [0.15, 0.2) is 65.7 Å². The molecule has 0 unspecified atom stereocenters. The first-order valence-electron chi connectivity index (χ1n) is 10.5. The molecule has 0 radical (unpaired) electrons. The zero-order valence-corrected chi connectivity index (χ0v) is 19.4. The molecule has 33 heavy (non-hydrogen) atoms. The van der Waals surface area contributed by atoms with E-state index in [-0.39, 0.29) is 5.70 Å². The number of benzene rings is 2. The van der Waals surface area contributed by atoms with Crippen LogP contribution in [0.25, 0.3) is 5.57 Å². The summed E-state index contributed by atoms with van der Waals surface area (Å²) in [5, 5.41) is 5.01. The average molecular weight is 465 g/mol. The molecule has 0 bridgehead atoms. The first-order valence-corrected chi connectivity index (χ1v) is 11.3. The van der Waals surface area contributed by atoms with E-state index in [2.05, 4.69) is 5.32 Å². The summed E-state index contributed by atoms with van der Waals surface area (Å²) in [6.45, 7) is 2.56. The number of hydrogen-bond donors (Lipinski definition) is 1. The highest BCUT2D eigenvalue weighted by Crippen LogP contribution is 2.38. The number of carbonyl (C=O) groups is 2. The molecule has 1 aliphatic heterocycles. The molecular formula is C25H24N2O5S. The number of nitrogens with one attached hydrogen (secondary N) is 1. The summed E-state index contributed by atoms with van der Waals surface area (Å²) in [6, 6.07) is 15.9. The quantitative estimate of drug-likeness (QED) is 0.452. The third kappa shape index (κ3) is 4.42. The lowest BCUT2D eigenvalue weighted by atomic mass is 10.1. The summed E-state index contributed by atoms with van der Waals surface area (Å²) in [5.41, 5.74) is 1.44. The van der Waals surface area contributed by atoms with Crippen LogP contribution in [0.4, 0.5) is 11.4 Å². The van der Waals surface area contributed by atoms with Gasteiger partial charge in [-0.05, 0) is 42.1 Å². The van der Waals surface area contributed by atoms with Crippen molar-refractivity contribution in [2.24, 2.45) is 0 Å². The van der Waals surface area contributed by atoms with Crippen LogP contribution in [0.3, 0.4) is 0 Å². The van der Waals surface area contributed by atoms with Gasteiger partial charge in [-0.3, -0.25) is 9.59 Å². The van der Waals surface area contributed by atoms with Crippen LogP contribution >= 0.6 is 11.3 Å². The fraction of sp³-hybridized carbons (Fsp3) is 0.200. The van der Waals surface area contributed by atoms with Crippen LogP contribution in [0, 0.1) is 0 Å². The smallest absolute Gasteiger partial charge is 0.282 e. The Bertz CT molecular complexity index is 1200. The molecular weight excluding hydrogens is 440 g/mol. The van der Waals surface area contributed by atoms with E-state index in [1.165, 1.54) is 23.3 Å². The minimum absolute atomic E-state index is 0.175. The predicted octanol–water partition coefficient (Wildman–Crippen LogP) is 4.95. The first kappa shape index (κ1) is 22.4. The second-order valence-corrected chi connectivity index (χ2v) is 8.16. The van der Waals surface area contributed by atoms with E-state index >= 15 is 0 Å². The topological polar surface area (TPSA) is 77.1 Å². The molecule has 0 aliphatic carbocycles. The molecule has 2 heterocycles. The van der Waals surface area contributed by atoms with E-state index in [0.29, 0.717) is 45.7 Å². The lowest BCUT2D eigenvalue weighted by Gasteiger charge is -2.17. The van der Waals surface area contributed by atoms with E-state index in [1.807, 2.05) is 24.4 Å². The largest absolute Gasteiger partial charge is 0.497 e. The second-order valence-electron chi connectivity index (χ2n) is 7.21. The number of nitrogens with zero attached hydrogens (tertiary/aromatic N) is 1. The number of hydrogen-bond acceptors (Lipinski definition) is 7. The van der Waals surface area contributed by atoms with E-state index in [4.69, 9.17) is 14.2 Å². The summed E-state index contributed by atoms with van der Waals surface area (Å²) in [7, 11) is 3.10. The molecule has 0 spiro atoms. The van der Waals surface area contributed by atoms with Crippen molar-refractivity contribution in [1.29, 1.82) is 0 Å².